The van der Waals surface area contributed by atoms with Gasteiger partial charge in [-0.05, 0) is 30.4 Å². The topological polar surface area (TPSA) is 51.4 Å². The van der Waals surface area contributed by atoms with E-state index in [1.807, 2.05) is 18.3 Å². The fraction of sp³-hybridized carbons (Fsp3) is 0.615. The number of nitrogens with zero attached hydrogens (tertiary/aromatic N) is 2. The largest absolute Gasteiger partial charge is 0.381 e. The van der Waals surface area contributed by atoms with E-state index in [-0.39, 0.29) is 0 Å². The molecule has 17 heavy (non-hydrogen) atoms. The lowest BCUT2D eigenvalue weighted by molar-refractivity contribution is 0.0685. The van der Waals surface area contributed by atoms with Crippen LogP contribution in [0.25, 0.3) is 0 Å². The number of nitrogens with two attached hydrogens (primary N) is 1. The molecule has 2 heterocycles. The van der Waals surface area contributed by atoms with Crippen LogP contribution in [0.4, 0.5) is 5.82 Å². The lowest BCUT2D eigenvalue weighted by Crippen LogP contribution is -2.30. The van der Waals surface area contributed by atoms with Gasteiger partial charge < -0.3 is 15.4 Å². The third-order valence-corrected chi connectivity index (χ3v) is 3.31. The van der Waals surface area contributed by atoms with Crippen LogP contribution in [0.5, 0.6) is 0 Å². The summed E-state index contributed by atoms with van der Waals surface area (Å²) in [7, 11) is 2.10. The summed E-state index contributed by atoms with van der Waals surface area (Å²) < 4.78 is 5.37. The Morgan fingerprint density at radius 3 is 2.76 bits per heavy atom. The van der Waals surface area contributed by atoms with Crippen LogP contribution < -0.4 is 10.6 Å². The highest BCUT2D eigenvalue weighted by atomic mass is 16.5. The molecule has 0 atom stereocenters. The Bertz CT molecular complexity index is 333. The molecule has 0 radical (unpaired) electrons. The van der Waals surface area contributed by atoms with Crippen LogP contribution >= 0.6 is 0 Å². The van der Waals surface area contributed by atoms with Crippen LogP contribution in [0.15, 0.2) is 18.3 Å². The van der Waals surface area contributed by atoms with Crippen LogP contribution in [0.2, 0.25) is 0 Å². The summed E-state index contributed by atoms with van der Waals surface area (Å²) in [4.78, 5) is 6.65. The zero-order valence-electron chi connectivity index (χ0n) is 10.4. The second-order valence-electron chi connectivity index (χ2n) is 4.67. The maximum atomic E-state index is 5.56. The van der Waals surface area contributed by atoms with Crippen LogP contribution in [0, 0.1) is 5.92 Å². The van der Waals surface area contributed by atoms with E-state index in [2.05, 4.69) is 16.9 Å². The normalized spacial score (nSPS) is 17.1. The molecule has 1 aromatic rings. The molecular formula is C13H21N3O. The van der Waals surface area contributed by atoms with Gasteiger partial charge in [-0.1, -0.05) is 6.07 Å². The van der Waals surface area contributed by atoms with Gasteiger partial charge in [0.2, 0.25) is 0 Å². The Hall–Kier alpha value is -1.13. The zero-order chi connectivity index (χ0) is 12.1. The Morgan fingerprint density at radius 1 is 1.41 bits per heavy atom. The molecule has 1 saturated heterocycles. The van der Waals surface area contributed by atoms with Gasteiger partial charge in [-0.25, -0.2) is 4.98 Å². The molecular weight excluding hydrogens is 214 g/mol. The monoisotopic (exact) mass is 235 g/mol. The van der Waals surface area contributed by atoms with Gasteiger partial charge in [-0.2, -0.15) is 0 Å². The summed E-state index contributed by atoms with van der Waals surface area (Å²) >= 11 is 0. The van der Waals surface area contributed by atoms with Gasteiger partial charge in [0.05, 0.1) is 0 Å². The summed E-state index contributed by atoms with van der Waals surface area (Å²) in [5.41, 5.74) is 6.63. The molecule has 4 nitrogen and oxygen atoms in total. The van der Waals surface area contributed by atoms with Gasteiger partial charge >= 0.3 is 0 Å². The molecule has 94 valence electrons. The summed E-state index contributed by atoms with van der Waals surface area (Å²) in [6.07, 6.45) is 4.17. The molecule has 1 aliphatic heterocycles. The summed E-state index contributed by atoms with van der Waals surface area (Å²) in [6, 6.07) is 4.09. The standard InChI is InChI=1S/C13H21N3O/c1-16(10-11-4-6-17-7-5-11)13-3-2-12(8-14)9-15-13/h2-3,9,11H,4-8,10,14H2,1H3. The van der Waals surface area contributed by atoms with Crippen LogP contribution in [-0.4, -0.2) is 31.8 Å². The van der Waals surface area contributed by atoms with E-state index in [0.717, 1.165) is 49.9 Å². The van der Waals surface area contributed by atoms with Crippen molar-refractivity contribution in [1.82, 2.24) is 4.98 Å². The molecule has 2 rings (SSSR count). The highest BCUT2D eigenvalue weighted by Gasteiger charge is 2.16. The van der Waals surface area contributed by atoms with Crippen LogP contribution in [0.3, 0.4) is 0 Å². The summed E-state index contributed by atoms with van der Waals surface area (Å²) in [5, 5.41) is 0. The minimum atomic E-state index is 0.553. The van der Waals surface area contributed by atoms with E-state index in [1.165, 1.54) is 0 Å². The van der Waals surface area contributed by atoms with Gasteiger partial charge in [0.25, 0.3) is 0 Å². The van der Waals surface area contributed by atoms with Gasteiger partial charge in [0.1, 0.15) is 5.82 Å². The fourth-order valence-electron chi connectivity index (χ4n) is 2.17. The second kappa shape index (κ2) is 5.98. The molecule has 0 aromatic carbocycles. The number of anilines is 1. The number of pyridine rings is 1. The Kier molecular flexibility index (Phi) is 4.34. The van der Waals surface area contributed by atoms with E-state index in [0.29, 0.717) is 6.54 Å². The number of ether oxygens (including phenoxy) is 1. The third kappa shape index (κ3) is 3.41. The minimum absolute atomic E-state index is 0.553. The highest BCUT2D eigenvalue weighted by molar-refractivity contribution is 5.38. The molecule has 0 saturated carbocycles. The fourth-order valence-corrected chi connectivity index (χ4v) is 2.17. The maximum absolute atomic E-state index is 5.56. The molecule has 4 heteroatoms. The third-order valence-electron chi connectivity index (χ3n) is 3.31. The van der Waals surface area contributed by atoms with E-state index >= 15 is 0 Å². The van der Waals surface area contributed by atoms with E-state index < -0.39 is 0 Å². The summed E-state index contributed by atoms with van der Waals surface area (Å²) in [6.45, 7) is 3.41. The van der Waals surface area contributed by atoms with Crippen LogP contribution in [0.1, 0.15) is 18.4 Å². The number of rotatable bonds is 4. The molecule has 0 aliphatic carbocycles. The van der Waals surface area contributed by atoms with Gasteiger partial charge in [-0.15, -0.1) is 0 Å². The first-order chi connectivity index (χ1) is 8.29. The SMILES string of the molecule is CN(CC1CCOCC1)c1ccc(CN)cn1. The maximum Gasteiger partial charge on any atom is 0.128 e. The van der Waals surface area contributed by atoms with Crippen molar-refractivity contribution < 1.29 is 4.74 Å². The highest BCUT2D eigenvalue weighted by Crippen LogP contribution is 2.18. The molecule has 1 aliphatic rings. The van der Waals surface area contributed by atoms with Crippen molar-refractivity contribution in [3.63, 3.8) is 0 Å². The van der Waals surface area contributed by atoms with Gasteiger partial charge in [0.15, 0.2) is 0 Å². The molecule has 0 amide bonds. The Labute approximate surface area is 103 Å². The lowest BCUT2D eigenvalue weighted by Gasteiger charge is -2.27. The van der Waals surface area contributed by atoms with Crippen molar-refractivity contribution in [3.05, 3.63) is 23.9 Å². The minimum Gasteiger partial charge on any atom is -0.381 e. The predicted octanol–water partition coefficient (Wildman–Crippen LogP) is 1.40. The second-order valence-corrected chi connectivity index (χ2v) is 4.67. The van der Waals surface area contributed by atoms with Crippen LogP contribution in [-0.2, 0) is 11.3 Å². The first-order valence-corrected chi connectivity index (χ1v) is 6.23. The van der Waals surface area contributed by atoms with Gasteiger partial charge in [-0.3, -0.25) is 0 Å². The quantitative estimate of drug-likeness (QED) is 0.857. The van der Waals surface area contributed by atoms with Crippen molar-refractivity contribution >= 4 is 5.82 Å². The van der Waals surface area contributed by atoms with Crippen molar-refractivity contribution in [2.45, 2.75) is 19.4 Å². The van der Waals surface area contributed by atoms with E-state index in [9.17, 15) is 0 Å². The first kappa shape index (κ1) is 12.3. The number of aromatic nitrogens is 1. The molecule has 1 aromatic heterocycles. The average Bonchev–Trinajstić information content (AvgIpc) is 2.40. The van der Waals surface area contributed by atoms with E-state index in [4.69, 9.17) is 10.5 Å². The zero-order valence-corrected chi connectivity index (χ0v) is 10.4. The first-order valence-electron chi connectivity index (χ1n) is 6.23. The number of hydrogen-bond acceptors (Lipinski definition) is 4. The average molecular weight is 235 g/mol. The van der Waals surface area contributed by atoms with Crippen molar-refractivity contribution in [2.75, 3.05) is 31.7 Å². The molecule has 0 bridgehead atoms. The van der Waals surface area contributed by atoms with Crippen molar-refractivity contribution in [3.8, 4) is 0 Å². The Morgan fingerprint density at radius 2 is 2.18 bits per heavy atom. The molecule has 0 unspecified atom stereocenters. The van der Waals surface area contributed by atoms with Gasteiger partial charge in [0, 0.05) is 39.5 Å². The van der Waals surface area contributed by atoms with Crippen molar-refractivity contribution in [2.24, 2.45) is 11.7 Å². The van der Waals surface area contributed by atoms with E-state index in [1.54, 1.807) is 0 Å². The smallest absolute Gasteiger partial charge is 0.128 e. The predicted molar refractivity (Wildman–Crippen MR) is 68.9 cm³/mol. The molecule has 0 spiro atoms. The molecule has 1 fully saturated rings. The lowest BCUT2D eigenvalue weighted by atomic mass is 10.00. The summed E-state index contributed by atoms with van der Waals surface area (Å²) in [5.74, 6) is 1.75. The number of hydrogen-bond donors (Lipinski definition) is 1. The molecule has 2 N–H and O–H groups in total. The Balaban J connectivity index is 1.91. The van der Waals surface area contributed by atoms with Crippen molar-refractivity contribution in [1.29, 1.82) is 0 Å².